The van der Waals surface area contributed by atoms with Gasteiger partial charge in [-0.1, -0.05) is 25.8 Å². The number of unbranched alkanes of at least 4 members (excludes halogenated alkanes) is 2. The van der Waals surface area contributed by atoms with Crippen molar-refractivity contribution in [3.05, 3.63) is 46.2 Å². The fourth-order valence-electron chi connectivity index (χ4n) is 2.37. The summed E-state index contributed by atoms with van der Waals surface area (Å²) in [5, 5.41) is 14.1. The number of hydrogen-bond acceptors (Lipinski definition) is 5. The molecule has 0 radical (unpaired) electrons. The van der Waals surface area contributed by atoms with Crippen molar-refractivity contribution in [1.29, 1.82) is 0 Å². The SMILES string of the molecule is CCCCCOc1ccc(N=C(N)c2cccs2)cc1CNCCO. The van der Waals surface area contributed by atoms with E-state index in [-0.39, 0.29) is 6.61 Å². The van der Waals surface area contributed by atoms with Crippen molar-refractivity contribution in [2.24, 2.45) is 10.7 Å². The number of benzene rings is 1. The molecular weight excluding hydrogens is 334 g/mol. The molecule has 6 heteroatoms. The molecule has 2 rings (SSSR count). The lowest BCUT2D eigenvalue weighted by molar-refractivity contribution is 0.288. The highest BCUT2D eigenvalue weighted by atomic mass is 32.1. The maximum atomic E-state index is 8.96. The van der Waals surface area contributed by atoms with Gasteiger partial charge in [0.1, 0.15) is 11.6 Å². The normalized spacial score (nSPS) is 11.7. The molecule has 1 heterocycles. The maximum absolute atomic E-state index is 8.96. The summed E-state index contributed by atoms with van der Waals surface area (Å²) in [4.78, 5) is 5.47. The molecule has 0 aliphatic rings. The number of aliphatic hydroxyl groups excluding tert-OH is 1. The molecule has 136 valence electrons. The Hall–Kier alpha value is -1.89. The molecule has 0 saturated heterocycles. The van der Waals surface area contributed by atoms with Gasteiger partial charge in [-0.15, -0.1) is 11.3 Å². The van der Waals surface area contributed by atoms with Crippen LogP contribution in [0.2, 0.25) is 0 Å². The molecule has 1 aromatic carbocycles. The second-order valence-electron chi connectivity index (χ2n) is 5.72. The quantitative estimate of drug-likeness (QED) is 0.325. The lowest BCUT2D eigenvalue weighted by Gasteiger charge is -2.13. The first-order valence-corrected chi connectivity index (χ1v) is 9.58. The molecule has 25 heavy (non-hydrogen) atoms. The summed E-state index contributed by atoms with van der Waals surface area (Å²) in [6, 6.07) is 9.77. The first kappa shape index (κ1) is 19.4. The third kappa shape index (κ3) is 6.49. The van der Waals surface area contributed by atoms with E-state index in [1.54, 1.807) is 11.3 Å². The first-order valence-electron chi connectivity index (χ1n) is 8.70. The van der Waals surface area contributed by atoms with Crippen LogP contribution in [-0.4, -0.2) is 30.7 Å². The van der Waals surface area contributed by atoms with Crippen LogP contribution in [0.15, 0.2) is 40.7 Å². The Morgan fingerprint density at radius 3 is 2.92 bits per heavy atom. The average molecular weight is 362 g/mol. The zero-order chi connectivity index (χ0) is 17.9. The third-order valence-electron chi connectivity index (χ3n) is 3.68. The van der Waals surface area contributed by atoms with Gasteiger partial charge in [0, 0.05) is 18.7 Å². The Kier molecular flexibility index (Phi) is 8.45. The van der Waals surface area contributed by atoms with Gasteiger partial charge in [-0.3, -0.25) is 0 Å². The number of nitrogens with one attached hydrogen (secondary N) is 1. The van der Waals surface area contributed by atoms with Crippen LogP contribution in [0.1, 0.15) is 36.6 Å². The van der Waals surface area contributed by atoms with Crippen molar-refractivity contribution in [3.8, 4) is 5.75 Å². The van der Waals surface area contributed by atoms with Gasteiger partial charge in [0.25, 0.3) is 0 Å². The Labute approximate surface area is 153 Å². The number of hydrogen-bond donors (Lipinski definition) is 3. The summed E-state index contributed by atoms with van der Waals surface area (Å²) in [5.74, 6) is 1.37. The van der Waals surface area contributed by atoms with E-state index in [1.807, 2.05) is 35.7 Å². The molecular formula is C19H27N3O2S. The zero-order valence-electron chi connectivity index (χ0n) is 14.7. The number of amidine groups is 1. The minimum absolute atomic E-state index is 0.107. The van der Waals surface area contributed by atoms with E-state index in [0.717, 1.165) is 34.7 Å². The molecule has 0 aliphatic carbocycles. The number of aliphatic imine (C=N–C) groups is 1. The van der Waals surface area contributed by atoms with Crippen molar-refractivity contribution in [2.45, 2.75) is 32.7 Å². The summed E-state index contributed by atoms with van der Waals surface area (Å²) in [7, 11) is 0. The van der Waals surface area contributed by atoms with E-state index in [0.29, 0.717) is 25.5 Å². The molecule has 2 aromatic rings. The molecule has 0 amide bonds. The van der Waals surface area contributed by atoms with Crippen molar-refractivity contribution in [3.63, 3.8) is 0 Å². The van der Waals surface area contributed by atoms with E-state index >= 15 is 0 Å². The Bertz CT molecular complexity index is 657. The molecule has 1 aromatic heterocycles. The lowest BCUT2D eigenvalue weighted by Crippen LogP contribution is -2.18. The van der Waals surface area contributed by atoms with E-state index in [2.05, 4.69) is 17.2 Å². The van der Waals surface area contributed by atoms with Crippen molar-refractivity contribution in [1.82, 2.24) is 5.32 Å². The molecule has 4 N–H and O–H groups in total. The van der Waals surface area contributed by atoms with Gasteiger partial charge in [0.05, 0.1) is 23.8 Å². The Morgan fingerprint density at radius 2 is 2.20 bits per heavy atom. The number of ether oxygens (including phenoxy) is 1. The van der Waals surface area contributed by atoms with Crippen LogP contribution in [0.25, 0.3) is 0 Å². The topological polar surface area (TPSA) is 79.9 Å². The lowest BCUT2D eigenvalue weighted by atomic mass is 10.1. The van der Waals surface area contributed by atoms with Gasteiger partial charge >= 0.3 is 0 Å². The van der Waals surface area contributed by atoms with Crippen LogP contribution in [0.4, 0.5) is 5.69 Å². The van der Waals surface area contributed by atoms with Crippen LogP contribution in [0.3, 0.4) is 0 Å². The Balaban J connectivity index is 2.13. The van der Waals surface area contributed by atoms with Gasteiger partial charge in [-0.25, -0.2) is 4.99 Å². The van der Waals surface area contributed by atoms with Crippen molar-refractivity contribution >= 4 is 22.9 Å². The monoisotopic (exact) mass is 361 g/mol. The summed E-state index contributed by atoms with van der Waals surface area (Å²) in [5.41, 5.74) is 7.89. The van der Waals surface area contributed by atoms with Crippen LogP contribution >= 0.6 is 11.3 Å². The number of thiophene rings is 1. The smallest absolute Gasteiger partial charge is 0.141 e. The van der Waals surface area contributed by atoms with E-state index in [4.69, 9.17) is 15.6 Å². The highest BCUT2D eigenvalue weighted by molar-refractivity contribution is 7.12. The number of aliphatic hydroxyl groups is 1. The maximum Gasteiger partial charge on any atom is 0.141 e. The summed E-state index contributed by atoms with van der Waals surface area (Å²) < 4.78 is 5.92. The molecule has 0 saturated carbocycles. The van der Waals surface area contributed by atoms with Gasteiger partial charge in [-0.2, -0.15) is 0 Å². The van der Waals surface area contributed by atoms with Crippen LogP contribution in [0.5, 0.6) is 5.75 Å². The highest BCUT2D eigenvalue weighted by Crippen LogP contribution is 2.25. The zero-order valence-corrected chi connectivity index (χ0v) is 15.5. The molecule has 0 spiro atoms. The first-order chi connectivity index (χ1) is 12.2. The van der Waals surface area contributed by atoms with E-state index < -0.39 is 0 Å². The number of nitrogens with two attached hydrogens (primary N) is 1. The third-order valence-corrected chi connectivity index (χ3v) is 4.57. The fraction of sp³-hybridized carbons (Fsp3) is 0.421. The highest BCUT2D eigenvalue weighted by Gasteiger charge is 2.07. The van der Waals surface area contributed by atoms with E-state index in [1.165, 1.54) is 6.42 Å². The minimum atomic E-state index is 0.107. The second-order valence-corrected chi connectivity index (χ2v) is 6.67. The standard InChI is InChI=1S/C19H27N3O2S/c1-2-3-4-11-24-17-8-7-16(13-15(17)14-21-9-10-23)22-19(20)18-6-5-12-25-18/h5-8,12-13,21,23H,2-4,9-11,14H2,1H3,(H2,20,22). The largest absolute Gasteiger partial charge is 0.493 e. The Morgan fingerprint density at radius 1 is 1.32 bits per heavy atom. The van der Waals surface area contributed by atoms with Crippen molar-refractivity contribution in [2.75, 3.05) is 19.8 Å². The van der Waals surface area contributed by atoms with Gasteiger partial charge in [0.15, 0.2) is 0 Å². The summed E-state index contributed by atoms with van der Waals surface area (Å²) >= 11 is 1.57. The van der Waals surface area contributed by atoms with Gasteiger partial charge < -0.3 is 20.9 Å². The fourth-order valence-corrected chi connectivity index (χ4v) is 3.00. The molecule has 0 fully saturated rings. The molecule has 0 aliphatic heterocycles. The van der Waals surface area contributed by atoms with Gasteiger partial charge in [0.2, 0.25) is 0 Å². The molecule has 0 unspecified atom stereocenters. The van der Waals surface area contributed by atoms with Gasteiger partial charge in [-0.05, 0) is 36.1 Å². The van der Waals surface area contributed by atoms with Crippen LogP contribution in [0, 0.1) is 0 Å². The van der Waals surface area contributed by atoms with Crippen LogP contribution < -0.4 is 15.8 Å². The second kappa shape index (κ2) is 10.9. The summed E-state index contributed by atoms with van der Waals surface area (Å²) in [6.07, 6.45) is 3.38. The summed E-state index contributed by atoms with van der Waals surface area (Å²) in [6.45, 7) is 4.15. The number of rotatable bonds is 11. The predicted molar refractivity (Wildman–Crippen MR) is 105 cm³/mol. The number of nitrogens with zero attached hydrogens (tertiary/aromatic N) is 1. The van der Waals surface area contributed by atoms with E-state index in [9.17, 15) is 0 Å². The molecule has 0 bridgehead atoms. The van der Waals surface area contributed by atoms with Crippen LogP contribution in [-0.2, 0) is 6.54 Å². The predicted octanol–water partition coefficient (Wildman–Crippen LogP) is 3.44. The molecule has 0 atom stereocenters. The molecule has 5 nitrogen and oxygen atoms in total. The van der Waals surface area contributed by atoms with Crippen molar-refractivity contribution < 1.29 is 9.84 Å². The minimum Gasteiger partial charge on any atom is -0.493 e. The average Bonchev–Trinajstić information content (AvgIpc) is 3.15.